The number of nitrogen functional groups attached to an aromatic ring is 1. The molecule has 1 heterocycles. The molecule has 0 aliphatic carbocycles. The molecule has 1 aromatic carbocycles. The van der Waals surface area contributed by atoms with E-state index in [1.54, 1.807) is 17.4 Å². The maximum Gasteiger partial charge on any atom is 0.0699 e. The van der Waals surface area contributed by atoms with Crippen LogP contribution in [-0.2, 0) is 0 Å². The fourth-order valence-electron chi connectivity index (χ4n) is 1.09. The second-order valence-corrected chi connectivity index (χ2v) is 4.12. The van der Waals surface area contributed by atoms with Gasteiger partial charge in [0, 0.05) is 15.5 Å². The Hall–Kier alpha value is -0.440. The van der Waals surface area contributed by atoms with Gasteiger partial charge < -0.3 is 5.73 Å². The highest BCUT2D eigenvalue weighted by Gasteiger charge is 2.07. The highest BCUT2D eigenvalue weighted by molar-refractivity contribution is 7.18. The van der Waals surface area contributed by atoms with Gasteiger partial charge in [0.05, 0.1) is 15.7 Å². The van der Waals surface area contributed by atoms with Gasteiger partial charge in [-0.05, 0) is 12.1 Å². The predicted octanol–water partition coefficient (Wildman–Crippen LogP) is 3.79. The summed E-state index contributed by atoms with van der Waals surface area (Å²) in [5.41, 5.74) is 6.41. The Morgan fingerprint density at radius 1 is 1.25 bits per heavy atom. The molecule has 4 heteroatoms. The zero-order valence-electron chi connectivity index (χ0n) is 5.97. The topological polar surface area (TPSA) is 26.0 Å². The lowest BCUT2D eigenvalue weighted by atomic mass is 10.2. The largest absolute Gasteiger partial charge is 0.398 e. The number of hydrogen-bond donors (Lipinski definition) is 1. The fraction of sp³-hybridized carbons (Fsp3) is 0. The Labute approximate surface area is 83.7 Å². The molecule has 2 N–H and O–H groups in total. The van der Waals surface area contributed by atoms with Gasteiger partial charge in [-0.3, -0.25) is 0 Å². The molecule has 12 heavy (non-hydrogen) atoms. The maximum atomic E-state index is 5.97. The molecule has 62 valence electrons. The summed E-state index contributed by atoms with van der Waals surface area (Å²) in [5, 5.41) is 3.84. The third-order valence-electron chi connectivity index (χ3n) is 1.66. The molecule has 0 spiro atoms. The van der Waals surface area contributed by atoms with Crippen molar-refractivity contribution in [3.05, 3.63) is 27.6 Å². The summed E-state index contributed by atoms with van der Waals surface area (Å²) in [4.78, 5) is 0. The van der Waals surface area contributed by atoms with Gasteiger partial charge in [0.1, 0.15) is 0 Å². The molecule has 2 aromatic rings. The van der Waals surface area contributed by atoms with Crippen molar-refractivity contribution in [3.63, 3.8) is 0 Å². The average Bonchev–Trinajstić information content (AvgIpc) is 2.41. The molecule has 1 nitrogen and oxygen atoms in total. The van der Waals surface area contributed by atoms with Crippen molar-refractivity contribution in [3.8, 4) is 0 Å². The highest BCUT2D eigenvalue weighted by atomic mass is 35.5. The smallest absolute Gasteiger partial charge is 0.0699 e. The molecular formula is C8H5Cl2NS. The lowest BCUT2D eigenvalue weighted by molar-refractivity contribution is 1.82. The third-order valence-corrected chi connectivity index (χ3v) is 3.43. The van der Waals surface area contributed by atoms with E-state index in [0.29, 0.717) is 15.7 Å². The monoisotopic (exact) mass is 217 g/mol. The van der Waals surface area contributed by atoms with Crippen LogP contribution in [0.4, 0.5) is 5.69 Å². The van der Waals surface area contributed by atoms with E-state index in [1.165, 1.54) is 0 Å². The van der Waals surface area contributed by atoms with Crippen LogP contribution < -0.4 is 5.73 Å². The van der Waals surface area contributed by atoms with Crippen LogP contribution in [0.3, 0.4) is 0 Å². The van der Waals surface area contributed by atoms with Crippen LogP contribution in [-0.4, -0.2) is 0 Å². The van der Waals surface area contributed by atoms with Gasteiger partial charge in [0.25, 0.3) is 0 Å². The Kier molecular flexibility index (Phi) is 1.91. The van der Waals surface area contributed by atoms with Crippen LogP contribution in [0.5, 0.6) is 0 Å². The molecule has 0 aliphatic heterocycles. The summed E-state index contributed by atoms with van der Waals surface area (Å²) in [6.07, 6.45) is 0. The summed E-state index contributed by atoms with van der Waals surface area (Å²) >= 11 is 13.4. The van der Waals surface area contributed by atoms with Crippen molar-refractivity contribution in [2.45, 2.75) is 0 Å². The zero-order valence-corrected chi connectivity index (χ0v) is 8.30. The van der Waals surface area contributed by atoms with Crippen molar-refractivity contribution < 1.29 is 0 Å². The number of thiophene rings is 1. The molecule has 0 unspecified atom stereocenters. The normalized spacial score (nSPS) is 10.8. The van der Waals surface area contributed by atoms with E-state index < -0.39 is 0 Å². The first-order chi connectivity index (χ1) is 5.70. The SMILES string of the molecule is Nc1csc2ccc(Cl)c(Cl)c12. The van der Waals surface area contributed by atoms with Gasteiger partial charge in [0.15, 0.2) is 0 Å². The number of anilines is 1. The summed E-state index contributed by atoms with van der Waals surface area (Å²) in [6, 6.07) is 3.70. The van der Waals surface area contributed by atoms with Crippen molar-refractivity contribution in [1.82, 2.24) is 0 Å². The molecule has 0 atom stereocenters. The third kappa shape index (κ3) is 1.07. The molecule has 0 radical (unpaired) electrons. The molecule has 2 rings (SSSR count). The molecule has 0 aliphatic rings. The minimum absolute atomic E-state index is 0.549. The zero-order chi connectivity index (χ0) is 8.72. The number of rotatable bonds is 0. The molecular weight excluding hydrogens is 213 g/mol. The molecule has 0 amide bonds. The minimum atomic E-state index is 0.549. The summed E-state index contributed by atoms with van der Waals surface area (Å²) < 4.78 is 1.07. The summed E-state index contributed by atoms with van der Waals surface area (Å²) in [5.74, 6) is 0. The van der Waals surface area contributed by atoms with E-state index >= 15 is 0 Å². The maximum absolute atomic E-state index is 5.97. The Morgan fingerprint density at radius 3 is 2.75 bits per heavy atom. The van der Waals surface area contributed by atoms with Crippen LogP contribution in [0.1, 0.15) is 0 Å². The van der Waals surface area contributed by atoms with Gasteiger partial charge in [-0.15, -0.1) is 11.3 Å². The number of fused-ring (bicyclic) bond motifs is 1. The summed E-state index contributed by atoms with van der Waals surface area (Å²) in [6.45, 7) is 0. The first kappa shape index (κ1) is 8.17. The van der Waals surface area contributed by atoms with Gasteiger partial charge >= 0.3 is 0 Å². The second-order valence-electron chi connectivity index (χ2n) is 2.43. The van der Waals surface area contributed by atoms with Gasteiger partial charge in [-0.25, -0.2) is 0 Å². The Balaban J connectivity index is 2.96. The van der Waals surface area contributed by atoms with Crippen molar-refractivity contribution in [1.29, 1.82) is 0 Å². The number of hydrogen-bond acceptors (Lipinski definition) is 2. The van der Waals surface area contributed by atoms with E-state index in [4.69, 9.17) is 28.9 Å². The van der Waals surface area contributed by atoms with E-state index in [2.05, 4.69) is 0 Å². The van der Waals surface area contributed by atoms with Crippen LogP contribution in [0.25, 0.3) is 10.1 Å². The number of nitrogens with two attached hydrogens (primary N) is 1. The Bertz CT molecular complexity index is 436. The summed E-state index contributed by atoms with van der Waals surface area (Å²) in [7, 11) is 0. The van der Waals surface area contributed by atoms with E-state index in [0.717, 1.165) is 10.1 Å². The molecule has 1 aromatic heterocycles. The Morgan fingerprint density at radius 2 is 2.00 bits per heavy atom. The first-order valence-corrected chi connectivity index (χ1v) is 4.94. The lowest BCUT2D eigenvalue weighted by Gasteiger charge is -1.97. The van der Waals surface area contributed by atoms with Crippen molar-refractivity contribution in [2.75, 3.05) is 5.73 Å². The number of benzene rings is 1. The highest BCUT2D eigenvalue weighted by Crippen LogP contribution is 2.37. The van der Waals surface area contributed by atoms with Gasteiger partial charge in [-0.1, -0.05) is 23.2 Å². The minimum Gasteiger partial charge on any atom is -0.398 e. The van der Waals surface area contributed by atoms with Gasteiger partial charge in [-0.2, -0.15) is 0 Å². The van der Waals surface area contributed by atoms with Gasteiger partial charge in [0.2, 0.25) is 0 Å². The molecule has 0 saturated heterocycles. The molecule has 0 fully saturated rings. The average molecular weight is 218 g/mol. The van der Waals surface area contributed by atoms with E-state index in [9.17, 15) is 0 Å². The van der Waals surface area contributed by atoms with Crippen LogP contribution in [0, 0.1) is 0 Å². The van der Waals surface area contributed by atoms with Crippen molar-refractivity contribution in [2.24, 2.45) is 0 Å². The van der Waals surface area contributed by atoms with Crippen LogP contribution >= 0.6 is 34.5 Å². The number of halogens is 2. The fourth-order valence-corrected chi connectivity index (χ4v) is 2.43. The first-order valence-electron chi connectivity index (χ1n) is 3.31. The van der Waals surface area contributed by atoms with E-state index in [-0.39, 0.29) is 0 Å². The van der Waals surface area contributed by atoms with Crippen molar-refractivity contribution >= 4 is 50.3 Å². The van der Waals surface area contributed by atoms with Crippen LogP contribution in [0.2, 0.25) is 10.0 Å². The van der Waals surface area contributed by atoms with E-state index in [1.807, 2.05) is 11.4 Å². The lowest BCUT2D eigenvalue weighted by Crippen LogP contribution is -1.81. The molecule has 0 bridgehead atoms. The quantitative estimate of drug-likeness (QED) is 0.715. The predicted molar refractivity (Wildman–Crippen MR) is 56.3 cm³/mol. The standard InChI is InChI=1S/C8H5Cl2NS/c9-4-1-2-6-7(8(4)10)5(11)3-12-6/h1-3H,11H2. The van der Waals surface area contributed by atoms with Crippen LogP contribution in [0.15, 0.2) is 17.5 Å². The molecule has 0 saturated carbocycles. The second kappa shape index (κ2) is 2.80.